The van der Waals surface area contributed by atoms with Crippen molar-refractivity contribution in [3.63, 3.8) is 0 Å². The Morgan fingerprint density at radius 2 is 2.03 bits per heavy atom. The van der Waals surface area contributed by atoms with Gasteiger partial charge in [0, 0.05) is 7.05 Å². The van der Waals surface area contributed by atoms with Crippen LogP contribution in [0.15, 0.2) is 46.4 Å². The zero-order chi connectivity index (χ0) is 20.6. The molecule has 0 N–H and O–H groups in total. The molecular formula is C20H20N4O5. The number of anilines is 1. The third-order valence-electron chi connectivity index (χ3n) is 5.13. The van der Waals surface area contributed by atoms with E-state index < -0.39 is 22.9 Å². The van der Waals surface area contributed by atoms with Crippen molar-refractivity contribution in [1.82, 2.24) is 9.78 Å². The molecule has 1 saturated heterocycles. The molecule has 9 nitrogen and oxygen atoms in total. The van der Waals surface area contributed by atoms with Crippen LogP contribution < -0.4 is 10.6 Å². The van der Waals surface area contributed by atoms with Crippen molar-refractivity contribution < 1.29 is 19.1 Å². The van der Waals surface area contributed by atoms with E-state index in [2.05, 4.69) is 10.2 Å². The van der Waals surface area contributed by atoms with Crippen LogP contribution in [-0.2, 0) is 24.5 Å². The van der Waals surface area contributed by atoms with Crippen LogP contribution in [0.25, 0.3) is 5.69 Å². The standard InChI is InChI=1S/C20H20N4O5/c1-3-28-18(26)16-20(10-7-11-29-19(20)27)15-14(23(2)22-16)12-21-24(17(15)25)13-8-5-4-6-9-13/h4-6,8-9,12H,3,7,10-11H2,1-2H3. The fraction of sp³-hybridized carbons (Fsp3) is 0.350. The lowest BCUT2D eigenvalue weighted by Crippen LogP contribution is -2.57. The lowest BCUT2D eigenvalue weighted by molar-refractivity contribution is -0.153. The van der Waals surface area contributed by atoms with Gasteiger partial charge in [0.25, 0.3) is 5.56 Å². The number of rotatable bonds is 3. The number of hydrogen-bond acceptors (Lipinski definition) is 8. The predicted octanol–water partition coefficient (Wildman–Crippen LogP) is 1.18. The van der Waals surface area contributed by atoms with Gasteiger partial charge in [-0.2, -0.15) is 14.9 Å². The van der Waals surface area contributed by atoms with E-state index in [1.54, 1.807) is 38.2 Å². The average molecular weight is 396 g/mol. The lowest BCUT2D eigenvalue weighted by atomic mass is 9.70. The first-order valence-corrected chi connectivity index (χ1v) is 9.36. The van der Waals surface area contributed by atoms with Gasteiger partial charge in [0.15, 0.2) is 11.1 Å². The Labute approximate surface area is 166 Å². The highest BCUT2D eigenvalue weighted by Gasteiger charge is 2.57. The summed E-state index contributed by atoms with van der Waals surface area (Å²) < 4.78 is 11.7. The quantitative estimate of drug-likeness (QED) is 0.718. The molecule has 1 atom stereocenters. The fourth-order valence-electron chi connectivity index (χ4n) is 3.84. The third-order valence-corrected chi connectivity index (χ3v) is 5.13. The summed E-state index contributed by atoms with van der Waals surface area (Å²) in [5.74, 6) is -1.42. The Kier molecular flexibility index (Phi) is 4.65. The number of nitrogens with zero attached hydrogens (tertiary/aromatic N) is 4. The molecule has 1 unspecified atom stereocenters. The van der Waals surface area contributed by atoms with E-state index in [-0.39, 0.29) is 30.9 Å². The maximum Gasteiger partial charge on any atom is 0.356 e. The van der Waals surface area contributed by atoms with Gasteiger partial charge in [0.2, 0.25) is 0 Å². The van der Waals surface area contributed by atoms with Gasteiger partial charge in [-0.1, -0.05) is 18.2 Å². The van der Waals surface area contributed by atoms with Crippen LogP contribution in [0.2, 0.25) is 0 Å². The van der Waals surface area contributed by atoms with Gasteiger partial charge in [0.05, 0.1) is 36.3 Å². The van der Waals surface area contributed by atoms with Gasteiger partial charge in [-0.15, -0.1) is 0 Å². The normalized spacial score (nSPS) is 20.7. The molecular weight excluding hydrogens is 376 g/mol. The van der Waals surface area contributed by atoms with E-state index in [0.29, 0.717) is 17.8 Å². The van der Waals surface area contributed by atoms with Crippen molar-refractivity contribution in [1.29, 1.82) is 0 Å². The number of fused-ring (bicyclic) bond motifs is 2. The number of hydrogen-bond donors (Lipinski definition) is 0. The molecule has 3 heterocycles. The summed E-state index contributed by atoms with van der Waals surface area (Å²) in [5.41, 5.74) is -1.24. The van der Waals surface area contributed by atoms with Crippen LogP contribution in [-0.4, -0.2) is 47.7 Å². The molecule has 1 spiro atoms. The first-order valence-electron chi connectivity index (χ1n) is 9.36. The Bertz CT molecular complexity index is 1060. The first-order chi connectivity index (χ1) is 14.0. The average Bonchev–Trinajstić information content (AvgIpc) is 2.73. The maximum absolute atomic E-state index is 13.6. The molecule has 1 aromatic carbocycles. The number of cyclic esters (lactones) is 1. The molecule has 1 aromatic heterocycles. The Morgan fingerprint density at radius 3 is 2.72 bits per heavy atom. The van der Waals surface area contributed by atoms with E-state index >= 15 is 0 Å². The SMILES string of the molecule is CCOC(=O)C1=NN(C)c2cnn(-c3ccccc3)c(=O)c2C12CCCOC2=O. The van der Waals surface area contributed by atoms with Crippen molar-refractivity contribution >= 4 is 23.3 Å². The van der Waals surface area contributed by atoms with E-state index in [9.17, 15) is 14.4 Å². The molecule has 0 saturated carbocycles. The van der Waals surface area contributed by atoms with Crippen molar-refractivity contribution in [2.24, 2.45) is 5.10 Å². The number of aromatic nitrogens is 2. The third kappa shape index (κ3) is 2.81. The topological polar surface area (TPSA) is 103 Å². The Balaban J connectivity index is 2.01. The second kappa shape index (κ2) is 7.16. The van der Waals surface area contributed by atoms with Crippen molar-refractivity contribution in [3.8, 4) is 5.69 Å². The number of esters is 2. The number of ether oxygens (including phenoxy) is 2. The summed E-state index contributed by atoms with van der Waals surface area (Å²) in [5, 5.41) is 9.92. The minimum atomic E-state index is -1.62. The molecule has 0 radical (unpaired) electrons. The van der Waals surface area contributed by atoms with Crippen molar-refractivity contribution in [3.05, 3.63) is 52.4 Å². The van der Waals surface area contributed by atoms with Crippen LogP contribution in [0.1, 0.15) is 25.3 Å². The molecule has 0 bridgehead atoms. The minimum absolute atomic E-state index is 0.115. The van der Waals surface area contributed by atoms with Gasteiger partial charge < -0.3 is 9.47 Å². The smallest absolute Gasteiger partial charge is 0.356 e. The molecule has 29 heavy (non-hydrogen) atoms. The highest BCUT2D eigenvalue weighted by molar-refractivity contribution is 6.45. The molecule has 2 aliphatic heterocycles. The largest absolute Gasteiger partial charge is 0.465 e. The van der Waals surface area contributed by atoms with Gasteiger partial charge in [-0.05, 0) is 31.9 Å². The molecule has 2 aromatic rings. The zero-order valence-electron chi connectivity index (χ0n) is 16.1. The number of hydrazone groups is 1. The van der Waals surface area contributed by atoms with E-state index in [1.165, 1.54) is 15.9 Å². The molecule has 150 valence electrons. The van der Waals surface area contributed by atoms with Gasteiger partial charge in [-0.3, -0.25) is 14.6 Å². The van der Waals surface area contributed by atoms with E-state index in [0.717, 1.165) is 0 Å². The molecule has 1 fully saturated rings. The van der Waals surface area contributed by atoms with Crippen LogP contribution in [0, 0.1) is 0 Å². The van der Waals surface area contributed by atoms with Crippen LogP contribution in [0.5, 0.6) is 0 Å². The van der Waals surface area contributed by atoms with Crippen LogP contribution in [0.4, 0.5) is 5.69 Å². The van der Waals surface area contributed by atoms with E-state index in [1.807, 2.05) is 6.07 Å². The fourth-order valence-corrected chi connectivity index (χ4v) is 3.84. The summed E-state index contributed by atoms with van der Waals surface area (Å²) in [6.07, 6.45) is 2.18. The van der Waals surface area contributed by atoms with Crippen LogP contribution >= 0.6 is 0 Å². The van der Waals surface area contributed by atoms with Gasteiger partial charge in [-0.25, -0.2) is 4.79 Å². The minimum Gasteiger partial charge on any atom is -0.465 e. The lowest BCUT2D eigenvalue weighted by Gasteiger charge is -2.39. The Hall–Kier alpha value is -3.49. The molecule has 0 aliphatic carbocycles. The molecule has 0 amide bonds. The Morgan fingerprint density at radius 1 is 1.28 bits per heavy atom. The molecule has 9 heteroatoms. The first kappa shape index (κ1) is 18.9. The van der Waals surface area contributed by atoms with E-state index in [4.69, 9.17) is 9.47 Å². The number of para-hydroxylation sites is 1. The zero-order valence-corrected chi connectivity index (χ0v) is 16.1. The van der Waals surface area contributed by atoms with Gasteiger partial charge >= 0.3 is 11.9 Å². The molecule has 4 rings (SSSR count). The monoisotopic (exact) mass is 396 g/mol. The summed E-state index contributed by atoms with van der Waals surface area (Å²) in [7, 11) is 1.59. The molecule has 2 aliphatic rings. The summed E-state index contributed by atoms with van der Waals surface area (Å²) in [6, 6.07) is 8.86. The van der Waals surface area contributed by atoms with Crippen molar-refractivity contribution in [2.45, 2.75) is 25.2 Å². The summed E-state index contributed by atoms with van der Waals surface area (Å²) >= 11 is 0. The summed E-state index contributed by atoms with van der Waals surface area (Å²) in [4.78, 5) is 39.4. The second-order valence-corrected chi connectivity index (χ2v) is 6.79. The number of benzene rings is 1. The van der Waals surface area contributed by atoms with Gasteiger partial charge in [0.1, 0.15) is 0 Å². The predicted molar refractivity (Wildman–Crippen MR) is 104 cm³/mol. The highest BCUT2D eigenvalue weighted by atomic mass is 16.5. The highest BCUT2D eigenvalue weighted by Crippen LogP contribution is 2.42. The number of carbonyl (C=O) groups excluding carboxylic acids is 2. The maximum atomic E-state index is 13.6. The van der Waals surface area contributed by atoms with Crippen molar-refractivity contribution in [2.75, 3.05) is 25.3 Å². The van der Waals surface area contributed by atoms with Crippen LogP contribution in [0.3, 0.4) is 0 Å². The summed E-state index contributed by atoms with van der Waals surface area (Å²) in [6.45, 7) is 2.00. The second-order valence-electron chi connectivity index (χ2n) is 6.79. The number of carbonyl (C=O) groups is 2.